The molecule has 0 aromatic carbocycles. The molecule has 1 atom stereocenters. The molecule has 0 saturated carbocycles. The first-order chi connectivity index (χ1) is 6.81. The van der Waals surface area contributed by atoms with Crippen LogP contribution in [0.4, 0.5) is 0 Å². The van der Waals surface area contributed by atoms with Crippen molar-refractivity contribution in [3.05, 3.63) is 0 Å². The van der Waals surface area contributed by atoms with E-state index in [1.165, 1.54) is 0 Å². The van der Waals surface area contributed by atoms with E-state index < -0.39 is 30.5 Å². The molecule has 0 aliphatic rings. The number of nitrogens with two attached hydrogens (primary N) is 2. The van der Waals surface area contributed by atoms with E-state index in [9.17, 15) is 14.4 Å². The highest BCUT2D eigenvalue weighted by Crippen LogP contribution is 1.93. The van der Waals surface area contributed by atoms with Crippen molar-refractivity contribution < 1.29 is 29.7 Å². The van der Waals surface area contributed by atoms with Crippen molar-refractivity contribution >= 4 is 17.8 Å². The molecule has 8 nitrogen and oxygen atoms in total. The molecule has 0 saturated heterocycles. The number of hydrogen-bond acceptors (Lipinski definition) is 5. The lowest BCUT2D eigenvalue weighted by Gasteiger charge is -2.01. The third-order valence-corrected chi connectivity index (χ3v) is 1.14. The summed E-state index contributed by atoms with van der Waals surface area (Å²) in [5.41, 5.74) is 9.40. The smallest absolute Gasteiger partial charge is 0.320 e. The van der Waals surface area contributed by atoms with Crippen molar-refractivity contribution in [2.24, 2.45) is 11.5 Å². The van der Waals surface area contributed by atoms with Crippen molar-refractivity contribution in [3.63, 3.8) is 0 Å². The topological polar surface area (TPSA) is 164 Å². The van der Waals surface area contributed by atoms with Crippen LogP contribution in [0.1, 0.15) is 12.8 Å². The molecule has 0 spiro atoms. The Morgan fingerprint density at radius 3 is 1.80 bits per heavy atom. The number of aliphatic hydroxyl groups is 1. The molecule has 8 heteroatoms. The number of carbonyl (C=O) groups excluding carboxylic acids is 1. The van der Waals surface area contributed by atoms with Gasteiger partial charge in [-0.15, -0.1) is 0 Å². The minimum absolute atomic E-state index is 0.0231. The van der Waals surface area contributed by atoms with Gasteiger partial charge in [-0.05, 0) is 6.42 Å². The van der Waals surface area contributed by atoms with Gasteiger partial charge in [-0.2, -0.15) is 0 Å². The van der Waals surface area contributed by atoms with E-state index >= 15 is 0 Å². The maximum absolute atomic E-state index is 9.99. The van der Waals surface area contributed by atoms with E-state index in [2.05, 4.69) is 5.73 Å². The fraction of sp³-hybridized carbons (Fsp3) is 0.571. The minimum atomic E-state index is -1.17. The van der Waals surface area contributed by atoms with Crippen LogP contribution in [-0.2, 0) is 14.4 Å². The molecule has 0 aromatic heterocycles. The van der Waals surface area contributed by atoms with Crippen molar-refractivity contribution in [3.8, 4) is 0 Å². The first kappa shape index (κ1) is 15.8. The summed E-state index contributed by atoms with van der Waals surface area (Å²) in [7, 11) is 0. The van der Waals surface area contributed by atoms with Crippen LogP contribution in [0.25, 0.3) is 0 Å². The molecular formula is C7H14N2O6. The van der Waals surface area contributed by atoms with Crippen LogP contribution in [0.5, 0.6) is 0 Å². The number of rotatable bonds is 5. The SMILES string of the molecule is NC(=O)CO.N[C@@H](CCC(=O)O)C(=O)O. The van der Waals surface area contributed by atoms with Gasteiger partial charge in [0, 0.05) is 6.42 Å². The summed E-state index contributed by atoms with van der Waals surface area (Å²) in [6.45, 7) is -0.556. The van der Waals surface area contributed by atoms with E-state index in [0.717, 1.165) is 0 Å². The highest BCUT2D eigenvalue weighted by Gasteiger charge is 2.12. The fourth-order valence-corrected chi connectivity index (χ4v) is 0.402. The number of aliphatic carboxylic acids is 2. The number of aliphatic hydroxyl groups excluding tert-OH is 1. The Balaban J connectivity index is 0. The highest BCUT2D eigenvalue weighted by atomic mass is 16.4. The summed E-state index contributed by atoms with van der Waals surface area (Å²) < 4.78 is 0. The average Bonchev–Trinajstić information content (AvgIpc) is 2.14. The zero-order chi connectivity index (χ0) is 12.4. The second-order valence-electron chi connectivity index (χ2n) is 2.50. The molecule has 0 aromatic rings. The third kappa shape index (κ3) is 15.1. The molecule has 88 valence electrons. The molecule has 1 amide bonds. The van der Waals surface area contributed by atoms with Crippen LogP contribution >= 0.6 is 0 Å². The summed E-state index contributed by atoms with van der Waals surface area (Å²) in [5, 5.41) is 23.9. The summed E-state index contributed by atoms with van der Waals surface area (Å²) >= 11 is 0. The summed E-state index contributed by atoms with van der Waals surface area (Å²) in [6, 6.07) is -1.06. The molecule has 0 heterocycles. The van der Waals surface area contributed by atoms with Gasteiger partial charge in [0.1, 0.15) is 12.6 Å². The van der Waals surface area contributed by atoms with Crippen LogP contribution in [-0.4, -0.2) is 45.8 Å². The number of carbonyl (C=O) groups is 3. The molecule has 15 heavy (non-hydrogen) atoms. The van der Waals surface area contributed by atoms with Crippen LogP contribution in [0.3, 0.4) is 0 Å². The van der Waals surface area contributed by atoms with Gasteiger partial charge < -0.3 is 26.8 Å². The van der Waals surface area contributed by atoms with Crippen LogP contribution in [0.2, 0.25) is 0 Å². The van der Waals surface area contributed by atoms with Gasteiger partial charge in [-0.3, -0.25) is 14.4 Å². The maximum atomic E-state index is 9.99. The van der Waals surface area contributed by atoms with Crippen molar-refractivity contribution in [2.75, 3.05) is 6.61 Å². The molecule has 0 radical (unpaired) electrons. The van der Waals surface area contributed by atoms with Gasteiger partial charge >= 0.3 is 11.9 Å². The van der Waals surface area contributed by atoms with Gasteiger partial charge in [0.15, 0.2) is 0 Å². The van der Waals surface area contributed by atoms with Crippen LogP contribution < -0.4 is 11.5 Å². The Bertz CT molecular complexity index is 230. The quantitative estimate of drug-likeness (QED) is 0.349. The molecule has 0 unspecified atom stereocenters. The van der Waals surface area contributed by atoms with Crippen LogP contribution in [0, 0.1) is 0 Å². The van der Waals surface area contributed by atoms with Gasteiger partial charge in [0.2, 0.25) is 5.91 Å². The number of primary amides is 1. The van der Waals surface area contributed by atoms with Crippen molar-refractivity contribution in [2.45, 2.75) is 18.9 Å². The Hall–Kier alpha value is -1.67. The Kier molecular flexibility index (Phi) is 9.37. The number of carboxylic acid groups (broad SMARTS) is 2. The lowest BCUT2D eigenvalue weighted by molar-refractivity contribution is -0.139. The second-order valence-corrected chi connectivity index (χ2v) is 2.50. The standard InChI is InChI=1S/C5H9NO4.C2H5NO2/c6-3(5(9)10)1-2-4(7)8;3-2(5)1-4/h3H,1-2,6H2,(H,7,8)(H,9,10);4H,1H2,(H2,3,5)/t3-;/m0./s1. The Labute approximate surface area is 85.5 Å². The number of hydrogen-bond donors (Lipinski definition) is 5. The molecule has 0 fully saturated rings. The molecule has 7 N–H and O–H groups in total. The monoisotopic (exact) mass is 222 g/mol. The second kappa shape index (κ2) is 8.91. The first-order valence-electron chi connectivity index (χ1n) is 3.90. The molecule has 0 aliphatic heterocycles. The zero-order valence-electron chi connectivity index (χ0n) is 7.92. The fourth-order valence-electron chi connectivity index (χ4n) is 0.402. The van der Waals surface area contributed by atoms with Crippen molar-refractivity contribution in [1.82, 2.24) is 0 Å². The Morgan fingerprint density at radius 2 is 1.60 bits per heavy atom. The predicted octanol–water partition coefficient (Wildman–Crippen LogP) is -2.27. The first-order valence-corrected chi connectivity index (χ1v) is 3.90. The minimum Gasteiger partial charge on any atom is -0.481 e. The van der Waals surface area contributed by atoms with Crippen molar-refractivity contribution in [1.29, 1.82) is 0 Å². The number of amides is 1. The maximum Gasteiger partial charge on any atom is 0.320 e. The largest absolute Gasteiger partial charge is 0.481 e. The highest BCUT2D eigenvalue weighted by molar-refractivity contribution is 5.75. The van der Waals surface area contributed by atoms with E-state index in [-0.39, 0.29) is 12.8 Å². The van der Waals surface area contributed by atoms with E-state index in [0.29, 0.717) is 0 Å². The average molecular weight is 222 g/mol. The van der Waals surface area contributed by atoms with Crippen LogP contribution in [0.15, 0.2) is 0 Å². The lowest BCUT2D eigenvalue weighted by Crippen LogP contribution is -2.30. The van der Waals surface area contributed by atoms with Gasteiger partial charge in [0.25, 0.3) is 0 Å². The van der Waals surface area contributed by atoms with Gasteiger partial charge in [-0.1, -0.05) is 0 Å². The Morgan fingerprint density at radius 1 is 1.20 bits per heavy atom. The van der Waals surface area contributed by atoms with E-state index in [1.807, 2.05) is 0 Å². The third-order valence-electron chi connectivity index (χ3n) is 1.14. The zero-order valence-corrected chi connectivity index (χ0v) is 7.92. The normalized spacial score (nSPS) is 10.8. The van der Waals surface area contributed by atoms with Gasteiger partial charge in [-0.25, -0.2) is 0 Å². The summed E-state index contributed by atoms with van der Waals surface area (Å²) in [6.07, 6.45) is -0.224. The molecule has 0 aliphatic carbocycles. The van der Waals surface area contributed by atoms with Gasteiger partial charge in [0.05, 0.1) is 0 Å². The molecular weight excluding hydrogens is 208 g/mol. The van der Waals surface area contributed by atoms with E-state index in [4.69, 9.17) is 21.1 Å². The van der Waals surface area contributed by atoms with E-state index in [1.54, 1.807) is 0 Å². The summed E-state index contributed by atoms with van der Waals surface area (Å²) in [5.74, 6) is -2.89. The molecule has 0 bridgehead atoms. The predicted molar refractivity (Wildman–Crippen MR) is 48.8 cm³/mol. The number of carboxylic acids is 2. The summed E-state index contributed by atoms with van der Waals surface area (Å²) in [4.78, 5) is 29.2. The molecule has 0 rings (SSSR count). The lowest BCUT2D eigenvalue weighted by atomic mass is 10.2.